The molecular formula is C33H24N4S. The first-order chi connectivity index (χ1) is 18.8. The molecule has 0 saturated heterocycles. The fraction of sp³-hybridized carbons (Fsp3) is 0.0303. The summed E-state index contributed by atoms with van der Waals surface area (Å²) in [5.74, 6) is 0. The molecular weight excluding hydrogens is 484 g/mol. The highest BCUT2D eigenvalue weighted by Crippen LogP contribution is 2.55. The molecule has 0 fully saturated rings. The summed E-state index contributed by atoms with van der Waals surface area (Å²) in [4.78, 5) is -0.775. The van der Waals surface area contributed by atoms with Gasteiger partial charge in [-0.05, 0) is 36.0 Å². The Morgan fingerprint density at radius 1 is 0.474 bits per heavy atom. The maximum atomic E-state index is 5.42. The minimum atomic E-state index is -0.775. The number of nitrogens with zero attached hydrogens (tertiary/aromatic N) is 4. The van der Waals surface area contributed by atoms with Gasteiger partial charge in [0, 0.05) is 22.3 Å². The second kappa shape index (κ2) is 9.36. The van der Waals surface area contributed by atoms with Gasteiger partial charge in [0.15, 0.2) is 0 Å². The van der Waals surface area contributed by atoms with Crippen molar-refractivity contribution in [3.63, 3.8) is 0 Å². The van der Waals surface area contributed by atoms with Crippen LogP contribution in [-0.4, -0.2) is 10.8 Å². The van der Waals surface area contributed by atoms with Crippen LogP contribution in [0.2, 0.25) is 0 Å². The predicted molar refractivity (Wildman–Crippen MR) is 159 cm³/mol. The summed E-state index contributed by atoms with van der Waals surface area (Å²) >= 11 is 1.73. The smallest absolute Gasteiger partial charge is 0.223 e. The average Bonchev–Trinajstić information content (AvgIpc) is 3.40. The molecule has 2 heterocycles. The molecule has 38 heavy (non-hydrogen) atoms. The van der Waals surface area contributed by atoms with Crippen molar-refractivity contribution in [3.05, 3.63) is 168 Å². The van der Waals surface area contributed by atoms with E-state index in [1.807, 2.05) is 24.3 Å². The second-order valence-electron chi connectivity index (χ2n) is 9.14. The number of benzene rings is 5. The monoisotopic (exact) mass is 508 g/mol. The number of fused-ring (bicyclic) bond motifs is 2. The molecule has 0 N–H and O–H groups in total. The molecule has 1 atom stereocenters. The van der Waals surface area contributed by atoms with E-state index in [0.29, 0.717) is 0 Å². The average molecular weight is 509 g/mol. The Labute approximate surface area is 226 Å². The number of hydrogen-bond donors (Lipinski definition) is 0. The zero-order valence-corrected chi connectivity index (χ0v) is 21.4. The van der Waals surface area contributed by atoms with Gasteiger partial charge < -0.3 is 0 Å². The summed E-state index contributed by atoms with van der Waals surface area (Å²) in [6.07, 6.45) is 0. The van der Waals surface area contributed by atoms with Crippen LogP contribution in [0.15, 0.2) is 156 Å². The zero-order valence-electron chi connectivity index (χ0n) is 20.6. The highest BCUT2D eigenvalue weighted by atomic mass is 32.2. The Hall–Kier alpha value is -4.61. The van der Waals surface area contributed by atoms with Crippen LogP contribution in [0.25, 0.3) is 0 Å². The first-order valence-electron chi connectivity index (χ1n) is 12.6. The van der Waals surface area contributed by atoms with Crippen molar-refractivity contribution in [3.8, 4) is 0 Å². The van der Waals surface area contributed by atoms with E-state index in [1.165, 1.54) is 0 Å². The Balaban J connectivity index is 1.53. The summed E-state index contributed by atoms with van der Waals surface area (Å²) in [6.45, 7) is 0. The summed E-state index contributed by atoms with van der Waals surface area (Å²) in [5, 5.41) is 15.9. The normalized spacial score (nSPS) is 18.2. The molecule has 0 amide bonds. The van der Waals surface area contributed by atoms with E-state index < -0.39 is 4.99 Å². The molecule has 182 valence electrons. The standard InChI is InChI=1S/C33H24N4S/c1-5-15-25(16-6-1)31-29-23-13-14-24-30(29)33(36(34-31)27-19-9-3-10-20-27)37(28-21-11-4-12-22-28)35-32(38-33)26-17-7-2-8-18-26/h1-24H/t33-/m0/s1. The lowest BCUT2D eigenvalue weighted by molar-refractivity contribution is 0.550. The van der Waals surface area contributed by atoms with Crippen LogP contribution in [0.5, 0.6) is 0 Å². The van der Waals surface area contributed by atoms with Gasteiger partial charge in [0.2, 0.25) is 4.99 Å². The van der Waals surface area contributed by atoms with E-state index in [0.717, 1.165) is 44.4 Å². The molecule has 2 aliphatic heterocycles. The summed E-state index contributed by atoms with van der Waals surface area (Å²) < 4.78 is 0. The zero-order chi connectivity index (χ0) is 25.4. The third-order valence-corrected chi connectivity index (χ3v) is 8.17. The molecule has 2 aliphatic rings. The van der Waals surface area contributed by atoms with Crippen LogP contribution < -0.4 is 10.0 Å². The number of rotatable bonds is 4. The number of thioether (sulfide) groups is 1. The summed E-state index contributed by atoms with van der Waals surface area (Å²) in [6, 6.07) is 50.2. The van der Waals surface area contributed by atoms with Crippen LogP contribution in [-0.2, 0) is 4.99 Å². The van der Waals surface area contributed by atoms with E-state index in [2.05, 4.69) is 131 Å². The van der Waals surface area contributed by atoms with Gasteiger partial charge in [-0.2, -0.15) is 10.2 Å². The quantitative estimate of drug-likeness (QED) is 0.249. The van der Waals surface area contributed by atoms with Crippen molar-refractivity contribution in [1.29, 1.82) is 0 Å². The van der Waals surface area contributed by atoms with E-state index in [9.17, 15) is 0 Å². The van der Waals surface area contributed by atoms with Gasteiger partial charge >= 0.3 is 0 Å². The molecule has 5 aromatic rings. The van der Waals surface area contributed by atoms with Crippen LogP contribution in [0.3, 0.4) is 0 Å². The maximum absolute atomic E-state index is 5.42. The predicted octanol–water partition coefficient (Wildman–Crippen LogP) is 7.68. The summed E-state index contributed by atoms with van der Waals surface area (Å²) in [7, 11) is 0. The molecule has 1 spiro atoms. The van der Waals surface area contributed by atoms with Crippen LogP contribution >= 0.6 is 11.8 Å². The lowest BCUT2D eigenvalue weighted by Crippen LogP contribution is -2.54. The SMILES string of the molecule is c1ccc(C2=NN(c3ccccc3)[C@]3(S2)c2ccccc2C(c2ccccc2)=NN3c2ccccc2)cc1. The van der Waals surface area contributed by atoms with Gasteiger partial charge in [0.25, 0.3) is 0 Å². The third kappa shape index (κ3) is 3.63. The first kappa shape index (κ1) is 22.6. The van der Waals surface area contributed by atoms with Crippen molar-refractivity contribution in [2.45, 2.75) is 4.99 Å². The number of hydrogen-bond acceptors (Lipinski definition) is 5. The number of anilines is 2. The largest absolute Gasteiger partial charge is 0.234 e. The number of hydrazone groups is 2. The fourth-order valence-corrected chi connectivity index (χ4v) is 6.48. The van der Waals surface area contributed by atoms with Crippen LogP contribution in [0, 0.1) is 0 Å². The lowest BCUT2D eigenvalue weighted by Gasteiger charge is -2.47. The molecule has 0 aromatic heterocycles. The highest BCUT2D eigenvalue weighted by Gasteiger charge is 2.55. The van der Waals surface area contributed by atoms with Gasteiger partial charge in [-0.3, -0.25) is 0 Å². The molecule has 7 rings (SSSR count). The van der Waals surface area contributed by atoms with Crippen molar-refractivity contribution >= 4 is 33.9 Å². The van der Waals surface area contributed by atoms with Crippen LogP contribution in [0.4, 0.5) is 11.4 Å². The van der Waals surface area contributed by atoms with E-state index in [1.54, 1.807) is 11.8 Å². The van der Waals surface area contributed by atoms with Gasteiger partial charge in [0.05, 0.1) is 17.1 Å². The van der Waals surface area contributed by atoms with Crippen molar-refractivity contribution < 1.29 is 0 Å². The first-order valence-corrected chi connectivity index (χ1v) is 13.4. The Kier molecular flexibility index (Phi) is 5.56. The molecule has 0 bridgehead atoms. The van der Waals surface area contributed by atoms with Gasteiger partial charge in [-0.25, -0.2) is 10.0 Å². The molecule has 0 unspecified atom stereocenters. The highest BCUT2D eigenvalue weighted by molar-refractivity contribution is 8.15. The minimum absolute atomic E-state index is 0.775. The van der Waals surface area contributed by atoms with E-state index >= 15 is 0 Å². The fourth-order valence-electron chi connectivity index (χ4n) is 5.08. The molecule has 5 heteroatoms. The lowest BCUT2D eigenvalue weighted by atomic mass is 9.93. The molecule has 5 aromatic carbocycles. The van der Waals surface area contributed by atoms with Crippen molar-refractivity contribution in [2.75, 3.05) is 10.0 Å². The Morgan fingerprint density at radius 3 is 1.55 bits per heavy atom. The Bertz CT molecular complexity index is 1640. The molecule has 0 radical (unpaired) electrons. The number of para-hydroxylation sites is 2. The van der Waals surface area contributed by atoms with Gasteiger partial charge in [-0.1, -0.05) is 121 Å². The van der Waals surface area contributed by atoms with Crippen molar-refractivity contribution in [2.24, 2.45) is 10.2 Å². The van der Waals surface area contributed by atoms with Crippen molar-refractivity contribution in [1.82, 2.24) is 0 Å². The molecule has 0 aliphatic carbocycles. The maximum Gasteiger partial charge on any atom is 0.234 e. The van der Waals surface area contributed by atoms with Crippen LogP contribution in [0.1, 0.15) is 22.3 Å². The molecule has 0 saturated carbocycles. The van der Waals surface area contributed by atoms with E-state index in [-0.39, 0.29) is 0 Å². The topological polar surface area (TPSA) is 31.2 Å². The Morgan fingerprint density at radius 2 is 0.947 bits per heavy atom. The second-order valence-corrected chi connectivity index (χ2v) is 10.3. The van der Waals surface area contributed by atoms with Gasteiger partial charge in [-0.15, -0.1) is 0 Å². The third-order valence-electron chi connectivity index (χ3n) is 6.81. The molecule has 4 nitrogen and oxygen atoms in total. The summed E-state index contributed by atoms with van der Waals surface area (Å²) in [5.41, 5.74) is 7.34. The minimum Gasteiger partial charge on any atom is -0.223 e. The van der Waals surface area contributed by atoms with E-state index in [4.69, 9.17) is 10.2 Å². The van der Waals surface area contributed by atoms with Gasteiger partial charge in [0.1, 0.15) is 5.04 Å².